The van der Waals surface area contributed by atoms with Crippen LogP contribution in [0.2, 0.25) is 0 Å². The lowest BCUT2D eigenvalue weighted by atomic mass is 10.3. The maximum Gasteiger partial charge on any atom is 0.289 e. The highest BCUT2D eigenvalue weighted by molar-refractivity contribution is 7.16. The van der Waals surface area contributed by atoms with Crippen molar-refractivity contribution in [1.29, 1.82) is 0 Å². The summed E-state index contributed by atoms with van der Waals surface area (Å²) in [6.07, 6.45) is 0. The van der Waals surface area contributed by atoms with Gasteiger partial charge in [0.15, 0.2) is 16.3 Å². The number of hydrogen-bond donors (Lipinski definition) is 0. The fraction of sp³-hybridized carbons (Fsp3) is 0.294. The van der Waals surface area contributed by atoms with E-state index in [1.807, 2.05) is 28.1 Å². The first kappa shape index (κ1) is 17.7. The second-order valence-electron chi connectivity index (χ2n) is 5.10. The highest BCUT2D eigenvalue weighted by Crippen LogP contribution is 2.33. The number of rotatable bonds is 6. The van der Waals surface area contributed by atoms with Crippen LogP contribution in [0.25, 0.3) is 10.2 Å². The molecule has 0 saturated heterocycles. The topological polar surface area (TPSA) is 62.1 Å². The van der Waals surface area contributed by atoms with Crippen molar-refractivity contribution in [2.45, 2.75) is 6.54 Å². The van der Waals surface area contributed by atoms with Gasteiger partial charge in [0, 0.05) is 25.8 Å². The zero-order chi connectivity index (χ0) is 17.8. The van der Waals surface area contributed by atoms with E-state index in [0.29, 0.717) is 34.3 Å². The molecule has 0 aliphatic heterocycles. The van der Waals surface area contributed by atoms with Gasteiger partial charge in [-0.05, 0) is 11.4 Å². The number of nitrogens with zero attached hydrogens (tertiary/aromatic N) is 2. The van der Waals surface area contributed by atoms with Gasteiger partial charge in [-0.3, -0.25) is 4.79 Å². The van der Waals surface area contributed by atoms with E-state index in [1.54, 1.807) is 27.4 Å². The first-order valence-corrected chi connectivity index (χ1v) is 9.24. The Kier molecular flexibility index (Phi) is 5.52. The number of aromatic nitrogens is 1. The van der Waals surface area contributed by atoms with Crippen LogP contribution in [0, 0.1) is 0 Å². The van der Waals surface area contributed by atoms with E-state index in [-0.39, 0.29) is 5.91 Å². The molecule has 0 atom stereocenters. The second kappa shape index (κ2) is 7.81. The van der Waals surface area contributed by atoms with Gasteiger partial charge in [-0.25, -0.2) is 0 Å². The maximum absolute atomic E-state index is 12.4. The molecule has 0 saturated carbocycles. The first-order valence-electron chi connectivity index (χ1n) is 7.54. The molecule has 0 fully saturated rings. The fourth-order valence-electron chi connectivity index (χ4n) is 2.42. The fourth-order valence-corrected chi connectivity index (χ4v) is 4.09. The standard InChI is InChI=1S/C17H18N2O4S2/c1-21-7-6-19-11-9-12(22-2)13(23-3)10-15(11)25-17(19)18-16(20)14-5-4-8-24-14/h4-5,8-10H,6-7H2,1-3H3. The van der Waals surface area contributed by atoms with Crippen molar-refractivity contribution in [2.75, 3.05) is 27.9 Å². The number of hydrogen-bond acceptors (Lipinski definition) is 6. The van der Waals surface area contributed by atoms with Crippen LogP contribution in [0.5, 0.6) is 11.5 Å². The van der Waals surface area contributed by atoms with Crippen LogP contribution in [0.1, 0.15) is 9.67 Å². The number of carbonyl (C=O) groups excluding carboxylic acids is 1. The predicted octanol–water partition coefficient (Wildman–Crippen LogP) is 3.17. The molecule has 25 heavy (non-hydrogen) atoms. The van der Waals surface area contributed by atoms with Gasteiger partial charge in [0.2, 0.25) is 0 Å². The zero-order valence-electron chi connectivity index (χ0n) is 14.1. The minimum absolute atomic E-state index is 0.244. The van der Waals surface area contributed by atoms with E-state index in [1.165, 1.54) is 22.7 Å². The summed E-state index contributed by atoms with van der Waals surface area (Å²) in [7, 11) is 4.84. The number of amides is 1. The third-order valence-electron chi connectivity index (χ3n) is 3.64. The smallest absolute Gasteiger partial charge is 0.289 e. The summed E-state index contributed by atoms with van der Waals surface area (Å²) in [5.41, 5.74) is 0.928. The van der Waals surface area contributed by atoms with Crippen LogP contribution >= 0.6 is 22.7 Å². The monoisotopic (exact) mass is 378 g/mol. The quantitative estimate of drug-likeness (QED) is 0.661. The van der Waals surface area contributed by atoms with Crippen LogP contribution in [-0.4, -0.2) is 38.4 Å². The Bertz CT molecular complexity index is 942. The van der Waals surface area contributed by atoms with Gasteiger partial charge in [0.1, 0.15) is 0 Å². The van der Waals surface area contributed by atoms with E-state index >= 15 is 0 Å². The summed E-state index contributed by atoms with van der Waals surface area (Å²) in [6, 6.07) is 7.41. The molecular formula is C17H18N2O4S2. The molecule has 2 heterocycles. The Balaban J connectivity index is 2.17. The minimum atomic E-state index is -0.244. The Hall–Kier alpha value is -2.16. The van der Waals surface area contributed by atoms with Gasteiger partial charge >= 0.3 is 0 Å². The third kappa shape index (κ3) is 3.60. The van der Waals surface area contributed by atoms with Crippen LogP contribution in [0.4, 0.5) is 0 Å². The van der Waals surface area contributed by atoms with E-state index in [2.05, 4.69) is 4.99 Å². The summed E-state index contributed by atoms with van der Waals surface area (Å²) in [5.74, 6) is 1.04. The molecule has 0 aliphatic carbocycles. The van der Waals surface area contributed by atoms with Crippen molar-refractivity contribution in [1.82, 2.24) is 4.57 Å². The molecule has 0 spiro atoms. The molecule has 0 aliphatic rings. The van der Waals surface area contributed by atoms with Crippen LogP contribution in [0.3, 0.4) is 0 Å². The number of thiazole rings is 1. The highest BCUT2D eigenvalue weighted by atomic mass is 32.1. The predicted molar refractivity (Wildman–Crippen MR) is 99.0 cm³/mol. The minimum Gasteiger partial charge on any atom is -0.493 e. The SMILES string of the molecule is COCCn1c(=NC(=O)c2cccs2)sc2cc(OC)c(OC)cc21. The number of fused-ring (bicyclic) bond motifs is 1. The molecule has 8 heteroatoms. The lowest BCUT2D eigenvalue weighted by Gasteiger charge is -2.09. The summed E-state index contributed by atoms with van der Waals surface area (Å²) in [6.45, 7) is 1.10. The van der Waals surface area contributed by atoms with Gasteiger partial charge in [-0.1, -0.05) is 17.4 Å². The number of methoxy groups -OCH3 is 3. The first-order chi connectivity index (χ1) is 12.2. The molecule has 1 aromatic carbocycles. The molecule has 0 unspecified atom stereocenters. The van der Waals surface area contributed by atoms with Crippen molar-refractivity contribution < 1.29 is 19.0 Å². The average molecular weight is 378 g/mol. The van der Waals surface area contributed by atoms with E-state index in [4.69, 9.17) is 14.2 Å². The summed E-state index contributed by atoms with van der Waals surface area (Å²) < 4.78 is 18.9. The number of carbonyl (C=O) groups is 1. The molecule has 6 nitrogen and oxygen atoms in total. The van der Waals surface area contributed by atoms with Crippen molar-refractivity contribution in [2.24, 2.45) is 4.99 Å². The van der Waals surface area contributed by atoms with E-state index < -0.39 is 0 Å². The van der Waals surface area contributed by atoms with Gasteiger partial charge < -0.3 is 18.8 Å². The van der Waals surface area contributed by atoms with Crippen LogP contribution in [-0.2, 0) is 11.3 Å². The van der Waals surface area contributed by atoms with Gasteiger partial charge in [0.25, 0.3) is 5.91 Å². The Morgan fingerprint density at radius 1 is 1.20 bits per heavy atom. The number of benzene rings is 1. The number of ether oxygens (including phenoxy) is 3. The molecule has 0 radical (unpaired) electrons. The summed E-state index contributed by atoms with van der Waals surface area (Å²) in [4.78, 5) is 17.9. The van der Waals surface area contributed by atoms with E-state index in [9.17, 15) is 4.79 Å². The highest BCUT2D eigenvalue weighted by Gasteiger charge is 2.14. The largest absolute Gasteiger partial charge is 0.493 e. The maximum atomic E-state index is 12.4. The number of thiophene rings is 1. The molecule has 2 aromatic heterocycles. The Morgan fingerprint density at radius 3 is 2.60 bits per heavy atom. The molecule has 0 N–H and O–H groups in total. The average Bonchev–Trinajstić information content (AvgIpc) is 3.26. The summed E-state index contributed by atoms with van der Waals surface area (Å²) >= 11 is 2.82. The van der Waals surface area contributed by atoms with Crippen molar-refractivity contribution in [3.05, 3.63) is 39.3 Å². The van der Waals surface area contributed by atoms with Crippen molar-refractivity contribution in [3.8, 4) is 11.5 Å². The molecule has 132 valence electrons. The van der Waals surface area contributed by atoms with Crippen molar-refractivity contribution >= 4 is 38.8 Å². The molecular weight excluding hydrogens is 360 g/mol. The second-order valence-corrected chi connectivity index (χ2v) is 7.06. The Morgan fingerprint density at radius 2 is 1.96 bits per heavy atom. The molecule has 0 bridgehead atoms. The van der Waals surface area contributed by atoms with Crippen LogP contribution < -0.4 is 14.3 Å². The van der Waals surface area contributed by atoms with Crippen molar-refractivity contribution in [3.63, 3.8) is 0 Å². The van der Waals surface area contributed by atoms with Gasteiger partial charge in [-0.15, -0.1) is 11.3 Å². The molecule has 3 aromatic rings. The normalized spacial score (nSPS) is 11.9. The lowest BCUT2D eigenvalue weighted by molar-refractivity contribution is 0.100. The zero-order valence-corrected chi connectivity index (χ0v) is 15.8. The van der Waals surface area contributed by atoms with Gasteiger partial charge in [-0.2, -0.15) is 4.99 Å². The third-order valence-corrected chi connectivity index (χ3v) is 5.54. The molecule has 1 amide bonds. The molecule has 3 rings (SSSR count). The van der Waals surface area contributed by atoms with E-state index in [0.717, 1.165) is 10.2 Å². The lowest BCUT2D eigenvalue weighted by Crippen LogP contribution is -2.19. The Labute approximate surface area is 152 Å². The van der Waals surface area contributed by atoms with Gasteiger partial charge in [0.05, 0.1) is 35.9 Å². The summed E-state index contributed by atoms with van der Waals surface area (Å²) in [5, 5.41) is 1.86. The van der Waals surface area contributed by atoms with Crippen LogP contribution in [0.15, 0.2) is 34.6 Å².